The second-order valence-corrected chi connectivity index (χ2v) is 8.13. The summed E-state index contributed by atoms with van der Waals surface area (Å²) in [6.07, 6.45) is 0. The third-order valence-electron chi connectivity index (χ3n) is 3.88. The van der Waals surface area contributed by atoms with Crippen LogP contribution in [0.3, 0.4) is 0 Å². The Kier molecular flexibility index (Phi) is 4.90. The predicted octanol–water partition coefficient (Wildman–Crippen LogP) is 4.02. The van der Waals surface area contributed by atoms with Crippen molar-refractivity contribution < 1.29 is 5.11 Å². The normalized spacial score (nSPS) is 12.6. The molecule has 0 aliphatic carbocycles. The van der Waals surface area contributed by atoms with Gasteiger partial charge in [-0.2, -0.15) is 0 Å². The van der Waals surface area contributed by atoms with E-state index in [1.54, 1.807) is 0 Å². The van der Waals surface area contributed by atoms with E-state index in [4.69, 9.17) is 0 Å². The molecule has 0 aliphatic heterocycles. The zero-order valence-corrected chi connectivity index (χ0v) is 15.2. The zero-order chi connectivity index (χ0) is 16.5. The van der Waals surface area contributed by atoms with Crippen LogP contribution in [0.2, 0.25) is 0 Å². The molecule has 0 N–H and O–H groups in total. The first-order chi connectivity index (χ1) is 10.2. The third-order valence-corrected chi connectivity index (χ3v) is 4.86. The minimum atomic E-state index is 0.103. The summed E-state index contributed by atoms with van der Waals surface area (Å²) in [4.78, 5) is 0. The molecule has 0 aliphatic rings. The van der Waals surface area contributed by atoms with Gasteiger partial charge in [0.05, 0.1) is 0 Å². The largest absolute Gasteiger partial charge is 0.823 e. The van der Waals surface area contributed by atoms with E-state index >= 15 is 0 Å². The van der Waals surface area contributed by atoms with Crippen molar-refractivity contribution in [3.8, 4) is 0 Å². The van der Waals surface area contributed by atoms with Crippen molar-refractivity contribution in [3.63, 3.8) is 0 Å². The van der Waals surface area contributed by atoms with E-state index in [2.05, 4.69) is 52.0 Å². The molecule has 0 radical (unpaired) electrons. The molecular formula is C20H24OP-. The molecule has 0 saturated carbocycles. The van der Waals surface area contributed by atoms with Gasteiger partial charge in [0.15, 0.2) is 0 Å². The van der Waals surface area contributed by atoms with Gasteiger partial charge in [-0.3, -0.25) is 0 Å². The minimum absolute atomic E-state index is 0.103. The lowest BCUT2D eigenvalue weighted by Gasteiger charge is -2.24. The Morgan fingerprint density at radius 3 is 1.86 bits per heavy atom. The summed E-state index contributed by atoms with van der Waals surface area (Å²) in [5.41, 5.74) is 5.81. The van der Waals surface area contributed by atoms with Crippen LogP contribution in [0.15, 0.2) is 36.4 Å². The summed E-state index contributed by atoms with van der Waals surface area (Å²) >= 11 is 0. The van der Waals surface area contributed by atoms with Crippen LogP contribution in [0, 0.1) is 20.8 Å². The van der Waals surface area contributed by atoms with Crippen molar-refractivity contribution in [2.24, 2.45) is 0 Å². The van der Waals surface area contributed by atoms with Crippen molar-refractivity contribution >= 4 is 19.0 Å². The molecule has 2 aromatic rings. The molecule has 0 unspecified atom stereocenters. The highest BCUT2D eigenvalue weighted by Gasteiger charge is 2.16. The SMILES string of the molecule is Cc1ccc(P=C([O-])c2c(C)cc(C(C)(C)C)cc2C)cc1. The second-order valence-electron chi connectivity index (χ2n) is 6.99. The molecule has 0 spiro atoms. The van der Waals surface area contributed by atoms with Gasteiger partial charge in [0.2, 0.25) is 0 Å². The maximum atomic E-state index is 12.7. The first-order valence-electron chi connectivity index (χ1n) is 7.63. The first-order valence-corrected chi connectivity index (χ1v) is 8.52. The topological polar surface area (TPSA) is 23.1 Å². The Balaban J connectivity index is 2.46. The zero-order valence-electron chi connectivity index (χ0n) is 14.3. The summed E-state index contributed by atoms with van der Waals surface area (Å²) in [5, 5.41) is 13.7. The van der Waals surface area contributed by atoms with E-state index in [9.17, 15) is 5.11 Å². The van der Waals surface area contributed by atoms with Gasteiger partial charge in [-0.1, -0.05) is 70.9 Å². The van der Waals surface area contributed by atoms with Crippen LogP contribution in [0.4, 0.5) is 0 Å². The molecule has 22 heavy (non-hydrogen) atoms. The average Bonchev–Trinajstić information content (AvgIpc) is 2.39. The molecule has 0 aromatic heterocycles. The van der Waals surface area contributed by atoms with E-state index in [0.29, 0.717) is 0 Å². The van der Waals surface area contributed by atoms with Gasteiger partial charge in [0.25, 0.3) is 0 Å². The molecule has 0 bridgehead atoms. The van der Waals surface area contributed by atoms with E-state index in [0.717, 1.165) is 30.2 Å². The fraction of sp³-hybridized carbons (Fsp3) is 0.350. The van der Waals surface area contributed by atoms with E-state index in [-0.39, 0.29) is 10.9 Å². The Bertz CT molecular complexity index is 680. The highest BCUT2D eigenvalue weighted by Crippen LogP contribution is 2.27. The van der Waals surface area contributed by atoms with Gasteiger partial charge in [-0.15, -0.1) is 5.48 Å². The molecule has 2 aromatic carbocycles. The highest BCUT2D eigenvalue weighted by molar-refractivity contribution is 7.49. The minimum Gasteiger partial charge on any atom is -0.823 e. The van der Waals surface area contributed by atoms with E-state index in [1.165, 1.54) is 11.1 Å². The number of rotatable bonds is 2. The van der Waals surface area contributed by atoms with E-state index in [1.807, 2.05) is 26.0 Å². The Labute approximate surface area is 135 Å². The van der Waals surface area contributed by atoms with Crippen molar-refractivity contribution in [2.45, 2.75) is 47.0 Å². The second kappa shape index (κ2) is 6.36. The Hall–Kier alpha value is -1.43. The summed E-state index contributed by atoms with van der Waals surface area (Å²) < 4.78 is 0. The highest BCUT2D eigenvalue weighted by atomic mass is 31.1. The molecule has 0 amide bonds. The predicted molar refractivity (Wildman–Crippen MR) is 96.5 cm³/mol. The Morgan fingerprint density at radius 2 is 1.41 bits per heavy atom. The molecule has 0 saturated heterocycles. The van der Waals surface area contributed by atoms with Crippen LogP contribution >= 0.6 is 8.20 Å². The monoisotopic (exact) mass is 311 g/mol. The molecule has 2 rings (SSSR count). The van der Waals surface area contributed by atoms with Gasteiger partial charge in [0.1, 0.15) is 0 Å². The maximum Gasteiger partial charge on any atom is 0.000825 e. The van der Waals surface area contributed by atoms with Gasteiger partial charge < -0.3 is 5.11 Å². The number of hydrogen-bond acceptors (Lipinski definition) is 1. The number of hydrogen-bond donors (Lipinski definition) is 0. The van der Waals surface area contributed by atoms with Crippen molar-refractivity contribution in [1.82, 2.24) is 0 Å². The summed E-state index contributed by atoms with van der Waals surface area (Å²) in [6, 6.07) is 12.5. The lowest BCUT2D eigenvalue weighted by atomic mass is 9.84. The van der Waals surface area contributed by atoms with Crippen molar-refractivity contribution in [1.29, 1.82) is 0 Å². The fourth-order valence-corrected chi connectivity index (χ4v) is 3.52. The van der Waals surface area contributed by atoms with Gasteiger partial charge in [0, 0.05) is 5.30 Å². The van der Waals surface area contributed by atoms with Crippen molar-refractivity contribution in [2.75, 3.05) is 0 Å². The van der Waals surface area contributed by atoms with Gasteiger partial charge in [-0.25, -0.2) is 0 Å². The van der Waals surface area contributed by atoms with Crippen LogP contribution in [-0.2, 0) is 5.41 Å². The standard InChI is InChI=1S/C20H25OP/c1-13-7-9-17(10-8-13)22-19(21)18-14(2)11-16(12-15(18)3)20(4,5)6/h7-12,21H,1-6H3/p-1. The lowest BCUT2D eigenvalue weighted by molar-refractivity contribution is -0.207. The number of benzene rings is 2. The molecule has 0 fully saturated rings. The molecule has 116 valence electrons. The molecule has 1 nitrogen and oxygen atoms in total. The summed E-state index contributed by atoms with van der Waals surface area (Å²) in [5.74, 6) is 0. The van der Waals surface area contributed by atoms with Crippen LogP contribution in [0.25, 0.3) is 0 Å². The van der Waals surface area contributed by atoms with Crippen LogP contribution < -0.4 is 10.4 Å². The average molecular weight is 311 g/mol. The first kappa shape index (κ1) is 16.9. The third kappa shape index (κ3) is 3.85. The van der Waals surface area contributed by atoms with Crippen LogP contribution in [0.1, 0.15) is 48.6 Å². The molecule has 0 heterocycles. The van der Waals surface area contributed by atoms with Crippen LogP contribution in [0.5, 0.6) is 0 Å². The molecule has 2 heteroatoms. The smallest absolute Gasteiger partial charge is 0.000825 e. The summed E-state index contributed by atoms with van der Waals surface area (Å²) in [7, 11) is 0.749. The lowest BCUT2D eigenvalue weighted by Crippen LogP contribution is -2.21. The fourth-order valence-electron chi connectivity index (χ4n) is 2.53. The maximum absolute atomic E-state index is 12.7. The van der Waals surface area contributed by atoms with E-state index < -0.39 is 0 Å². The van der Waals surface area contributed by atoms with Gasteiger partial charge in [-0.05, 0) is 48.4 Å². The Morgan fingerprint density at radius 1 is 0.909 bits per heavy atom. The summed E-state index contributed by atoms with van der Waals surface area (Å²) in [6.45, 7) is 12.7. The van der Waals surface area contributed by atoms with Crippen LogP contribution in [-0.4, -0.2) is 5.48 Å². The molecular weight excluding hydrogens is 287 g/mol. The van der Waals surface area contributed by atoms with Crippen molar-refractivity contribution in [3.05, 3.63) is 64.2 Å². The quantitative estimate of drug-likeness (QED) is 0.768. The number of aryl methyl sites for hydroxylation is 3. The van der Waals surface area contributed by atoms with Gasteiger partial charge >= 0.3 is 0 Å². The molecule has 0 atom stereocenters.